The SMILES string of the molecule is C=CCC(C)CC(C)C(C)CCC. The predicted molar refractivity (Wildman–Crippen MR) is 61.8 cm³/mol. The topological polar surface area (TPSA) is 0 Å². The van der Waals surface area contributed by atoms with Crippen LogP contribution in [0.2, 0.25) is 0 Å². The molecule has 78 valence electrons. The summed E-state index contributed by atoms with van der Waals surface area (Å²) in [6.45, 7) is 13.2. The molecular weight excluding hydrogens is 156 g/mol. The monoisotopic (exact) mass is 182 g/mol. The van der Waals surface area contributed by atoms with Crippen molar-refractivity contribution in [1.82, 2.24) is 0 Å². The minimum atomic E-state index is 0.812. The number of hydrogen-bond donors (Lipinski definition) is 0. The first-order valence-corrected chi connectivity index (χ1v) is 5.72. The second-order valence-electron chi connectivity index (χ2n) is 4.61. The molecule has 0 bridgehead atoms. The molecule has 3 unspecified atom stereocenters. The first-order valence-electron chi connectivity index (χ1n) is 5.72. The highest BCUT2D eigenvalue weighted by Crippen LogP contribution is 2.24. The second-order valence-corrected chi connectivity index (χ2v) is 4.61. The fourth-order valence-electron chi connectivity index (χ4n) is 1.99. The van der Waals surface area contributed by atoms with Gasteiger partial charge in [0.25, 0.3) is 0 Å². The third kappa shape index (κ3) is 5.90. The van der Waals surface area contributed by atoms with E-state index in [1.54, 1.807) is 0 Å². The first kappa shape index (κ1) is 12.7. The van der Waals surface area contributed by atoms with Gasteiger partial charge in [-0.2, -0.15) is 0 Å². The van der Waals surface area contributed by atoms with Gasteiger partial charge in [-0.1, -0.05) is 46.6 Å². The van der Waals surface area contributed by atoms with Crippen LogP contribution in [0.3, 0.4) is 0 Å². The maximum Gasteiger partial charge on any atom is -0.0327 e. The van der Waals surface area contributed by atoms with Crippen molar-refractivity contribution in [3.8, 4) is 0 Å². The van der Waals surface area contributed by atoms with Crippen molar-refractivity contribution in [2.24, 2.45) is 17.8 Å². The van der Waals surface area contributed by atoms with E-state index in [2.05, 4.69) is 34.3 Å². The minimum Gasteiger partial charge on any atom is -0.103 e. The number of allylic oxidation sites excluding steroid dienone is 1. The van der Waals surface area contributed by atoms with Gasteiger partial charge in [0, 0.05) is 0 Å². The van der Waals surface area contributed by atoms with E-state index in [0.717, 1.165) is 17.8 Å². The Morgan fingerprint density at radius 1 is 1.15 bits per heavy atom. The van der Waals surface area contributed by atoms with Crippen LogP contribution < -0.4 is 0 Å². The van der Waals surface area contributed by atoms with Crippen molar-refractivity contribution >= 4 is 0 Å². The number of rotatable bonds is 7. The van der Waals surface area contributed by atoms with Crippen molar-refractivity contribution in [3.05, 3.63) is 12.7 Å². The van der Waals surface area contributed by atoms with Crippen LogP contribution >= 0.6 is 0 Å². The van der Waals surface area contributed by atoms with Crippen LogP contribution in [0.5, 0.6) is 0 Å². The van der Waals surface area contributed by atoms with E-state index in [-0.39, 0.29) is 0 Å². The lowest BCUT2D eigenvalue weighted by Crippen LogP contribution is -2.11. The molecular formula is C13H26. The Morgan fingerprint density at radius 2 is 1.77 bits per heavy atom. The summed E-state index contributed by atoms with van der Waals surface area (Å²) in [5, 5.41) is 0. The Kier molecular flexibility index (Phi) is 7.03. The molecule has 0 heterocycles. The molecule has 0 nitrogen and oxygen atoms in total. The van der Waals surface area contributed by atoms with Gasteiger partial charge in [-0.15, -0.1) is 6.58 Å². The molecule has 0 N–H and O–H groups in total. The first-order chi connectivity index (χ1) is 6.11. The van der Waals surface area contributed by atoms with E-state index < -0.39 is 0 Å². The van der Waals surface area contributed by atoms with Crippen molar-refractivity contribution in [3.63, 3.8) is 0 Å². The molecule has 0 radical (unpaired) electrons. The molecule has 3 atom stereocenters. The lowest BCUT2D eigenvalue weighted by Gasteiger charge is -2.22. The third-order valence-electron chi connectivity index (χ3n) is 3.06. The highest BCUT2D eigenvalue weighted by Gasteiger charge is 2.13. The zero-order valence-electron chi connectivity index (χ0n) is 9.84. The zero-order chi connectivity index (χ0) is 10.3. The molecule has 0 heteroatoms. The Balaban J connectivity index is 3.70. The molecule has 0 amide bonds. The Hall–Kier alpha value is -0.260. The van der Waals surface area contributed by atoms with Crippen molar-refractivity contribution < 1.29 is 0 Å². The van der Waals surface area contributed by atoms with Crippen LogP contribution in [0.4, 0.5) is 0 Å². The van der Waals surface area contributed by atoms with Crippen molar-refractivity contribution in [1.29, 1.82) is 0 Å². The van der Waals surface area contributed by atoms with Crippen LogP contribution in [0.15, 0.2) is 12.7 Å². The smallest absolute Gasteiger partial charge is 0.0327 e. The summed E-state index contributed by atoms with van der Waals surface area (Å²) in [7, 11) is 0. The Labute approximate surface area is 84.4 Å². The molecule has 0 spiro atoms. The predicted octanol–water partition coefficient (Wildman–Crippen LogP) is 4.66. The van der Waals surface area contributed by atoms with Crippen LogP contribution in [0.1, 0.15) is 53.4 Å². The van der Waals surface area contributed by atoms with Gasteiger partial charge in [-0.3, -0.25) is 0 Å². The molecule has 0 rings (SSSR count). The van der Waals surface area contributed by atoms with E-state index in [0.29, 0.717) is 0 Å². The van der Waals surface area contributed by atoms with Crippen LogP contribution in [0.25, 0.3) is 0 Å². The summed E-state index contributed by atoms with van der Waals surface area (Å²) in [6, 6.07) is 0. The van der Waals surface area contributed by atoms with E-state index in [1.807, 2.05) is 6.08 Å². The molecule has 0 aliphatic heterocycles. The average molecular weight is 182 g/mol. The van der Waals surface area contributed by atoms with Gasteiger partial charge >= 0.3 is 0 Å². The van der Waals surface area contributed by atoms with Crippen LogP contribution in [-0.4, -0.2) is 0 Å². The summed E-state index contributed by atoms with van der Waals surface area (Å²) in [5.41, 5.74) is 0. The van der Waals surface area contributed by atoms with E-state index in [9.17, 15) is 0 Å². The molecule has 0 aliphatic rings. The molecule has 0 saturated heterocycles. The fraction of sp³-hybridized carbons (Fsp3) is 0.846. The fourth-order valence-corrected chi connectivity index (χ4v) is 1.99. The molecule has 0 fully saturated rings. The maximum atomic E-state index is 3.79. The van der Waals surface area contributed by atoms with E-state index in [1.165, 1.54) is 25.7 Å². The highest BCUT2D eigenvalue weighted by atomic mass is 14.2. The third-order valence-corrected chi connectivity index (χ3v) is 3.06. The van der Waals surface area contributed by atoms with Crippen molar-refractivity contribution in [2.45, 2.75) is 53.4 Å². The largest absolute Gasteiger partial charge is 0.103 e. The number of hydrogen-bond acceptors (Lipinski definition) is 0. The summed E-state index contributed by atoms with van der Waals surface area (Å²) < 4.78 is 0. The van der Waals surface area contributed by atoms with Gasteiger partial charge < -0.3 is 0 Å². The minimum absolute atomic E-state index is 0.812. The van der Waals surface area contributed by atoms with E-state index >= 15 is 0 Å². The maximum absolute atomic E-state index is 3.79. The quantitative estimate of drug-likeness (QED) is 0.502. The van der Waals surface area contributed by atoms with Gasteiger partial charge in [0.2, 0.25) is 0 Å². The molecule has 0 saturated carbocycles. The van der Waals surface area contributed by atoms with Crippen LogP contribution in [0, 0.1) is 17.8 Å². The summed E-state index contributed by atoms with van der Waals surface area (Å²) >= 11 is 0. The van der Waals surface area contributed by atoms with Gasteiger partial charge in [-0.25, -0.2) is 0 Å². The Morgan fingerprint density at radius 3 is 2.23 bits per heavy atom. The van der Waals surface area contributed by atoms with Gasteiger partial charge in [0.05, 0.1) is 0 Å². The molecule has 0 aromatic rings. The lowest BCUT2D eigenvalue weighted by molar-refractivity contribution is 0.298. The van der Waals surface area contributed by atoms with Crippen molar-refractivity contribution in [2.75, 3.05) is 0 Å². The zero-order valence-corrected chi connectivity index (χ0v) is 9.84. The standard InChI is InChI=1S/C13H26/c1-6-8-11(3)10-13(5)12(4)9-7-2/h6,11-13H,1,7-10H2,2-5H3. The van der Waals surface area contributed by atoms with Gasteiger partial charge in [-0.05, 0) is 30.6 Å². The molecule has 13 heavy (non-hydrogen) atoms. The second kappa shape index (κ2) is 7.17. The summed E-state index contributed by atoms with van der Waals surface area (Å²) in [5.74, 6) is 2.57. The van der Waals surface area contributed by atoms with Crippen LogP contribution in [-0.2, 0) is 0 Å². The highest BCUT2D eigenvalue weighted by molar-refractivity contribution is 4.73. The Bertz CT molecular complexity index is 126. The lowest BCUT2D eigenvalue weighted by atomic mass is 9.84. The normalized spacial score (nSPS) is 17.8. The molecule has 0 aromatic carbocycles. The van der Waals surface area contributed by atoms with Gasteiger partial charge in [0.15, 0.2) is 0 Å². The summed E-state index contributed by atoms with van der Waals surface area (Å²) in [6.07, 6.45) is 7.27. The van der Waals surface area contributed by atoms with Gasteiger partial charge in [0.1, 0.15) is 0 Å². The van der Waals surface area contributed by atoms with E-state index in [4.69, 9.17) is 0 Å². The summed E-state index contributed by atoms with van der Waals surface area (Å²) in [4.78, 5) is 0. The average Bonchev–Trinajstić information content (AvgIpc) is 2.05. The molecule has 0 aliphatic carbocycles. The molecule has 0 aromatic heterocycles.